The summed E-state index contributed by atoms with van der Waals surface area (Å²) in [5, 5.41) is 0. The van der Waals surface area contributed by atoms with Crippen molar-refractivity contribution < 1.29 is 17.9 Å². The van der Waals surface area contributed by atoms with Gasteiger partial charge in [-0.1, -0.05) is 0 Å². The van der Waals surface area contributed by atoms with E-state index in [-0.39, 0.29) is 11.5 Å². The van der Waals surface area contributed by atoms with Crippen molar-refractivity contribution in [2.75, 3.05) is 18.6 Å². The lowest BCUT2D eigenvalue weighted by molar-refractivity contribution is -0.124. The van der Waals surface area contributed by atoms with Crippen molar-refractivity contribution in [2.45, 2.75) is 5.60 Å². The first kappa shape index (κ1) is 7.68. The number of rotatable bonds is 2. The maximum atomic E-state index is 10.6. The van der Waals surface area contributed by atoms with Crippen molar-refractivity contribution in [2.24, 2.45) is 0 Å². The third-order valence-electron chi connectivity index (χ3n) is 1.55. The monoisotopic (exact) mass is 164 g/mol. The SMILES string of the molecule is COC1(C=O)CS(=O)(=O)C1. The minimum atomic E-state index is -2.97. The average molecular weight is 164 g/mol. The highest BCUT2D eigenvalue weighted by Crippen LogP contribution is 2.24. The van der Waals surface area contributed by atoms with Gasteiger partial charge in [-0.3, -0.25) is 0 Å². The number of methoxy groups -OCH3 is 1. The molecule has 0 atom stereocenters. The highest BCUT2D eigenvalue weighted by atomic mass is 32.2. The molecule has 58 valence electrons. The predicted octanol–water partition coefficient (Wildman–Crippen LogP) is -1.00. The van der Waals surface area contributed by atoms with E-state index in [0.717, 1.165) is 0 Å². The van der Waals surface area contributed by atoms with E-state index in [2.05, 4.69) is 0 Å². The Labute approximate surface area is 59.1 Å². The van der Waals surface area contributed by atoms with Crippen molar-refractivity contribution in [1.82, 2.24) is 0 Å². The maximum Gasteiger partial charge on any atom is 0.156 e. The molecule has 1 rings (SSSR count). The molecule has 0 N–H and O–H groups in total. The second kappa shape index (κ2) is 2.03. The van der Waals surface area contributed by atoms with Gasteiger partial charge in [0.05, 0.1) is 11.5 Å². The molecule has 1 fully saturated rings. The van der Waals surface area contributed by atoms with Gasteiger partial charge in [-0.25, -0.2) is 8.42 Å². The zero-order valence-corrected chi connectivity index (χ0v) is 6.35. The summed E-state index contributed by atoms with van der Waals surface area (Å²) >= 11 is 0. The van der Waals surface area contributed by atoms with Gasteiger partial charge < -0.3 is 9.53 Å². The van der Waals surface area contributed by atoms with Crippen molar-refractivity contribution in [3.05, 3.63) is 0 Å². The van der Waals surface area contributed by atoms with E-state index in [4.69, 9.17) is 4.74 Å². The Balaban J connectivity index is 2.72. The molecular weight excluding hydrogens is 156 g/mol. The molecule has 1 aliphatic rings. The maximum absolute atomic E-state index is 10.6. The molecule has 0 aromatic carbocycles. The summed E-state index contributed by atoms with van der Waals surface area (Å²) in [7, 11) is -1.63. The summed E-state index contributed by atoms with van der Waals surface area (Å²) < 4.78 is 25.9. The lowest BCUT2D eigenvalue weighted by Gasteiger charge is -2.34. The van der Waals surface area contributed by atoms with Crippen LogP contribution in [-0.2, 0) is 19.4 Å². The minimum Gasteiger partial charge on any atom is -0.369 e. The molecule has 5 heteroatoms. The summed E-state index contributed by atoms with van der Waals surface area (Å²) in [5.41, 5.74) is -1.03. The van der Waals surface area contributed by atoms with Crippen LogP contribution in [0.1, 0.15) is 0 Å². The van der Waals surface area contributed by atoms with Crippen LogP contribution < -0.4 is 0 Å². The van der Waals surface area contributed by atoms with Crippen molar-refractivity contribution in [3.63, 3.8) is 0 Å². The summed E-state index contributed by atoms with van der Waals surface area (Å²) in [6, 6.07) is 0. The Bertz CT molecular complexity index is 228. The van der Waals surface area contributed by atoms with Crippen LogP contribution in [0, 0.1) is 0 Å². The zero-order chi connectivity index (χ0) is 7.83. The van der Waals surface area contributed by atoms with Crippen LogP contribution in [0.25, 0.3) is 0 Å². The molecule has 10 heavy (non-hydrogen) atoms. The van der Waals surface area contributed by atoms with Gasteiger partial charge in [0.15, 0.2) is 21.7 Å². The van der Waals surface area contributed by atoms with Gasteiger partial charge in [-0.15, -0.1) is 0 Å². The lowest BCUT2D eigenvalue weighted by atomic mass is 10.1. The lowest BCUT2D eigenvalue weighted by Crippen LogP contribution is -2.57. The summed E-state index contributed by atoms with van der Waals surface area (Å²) in [5.74, 6) is -0.333. The van der Waals surface area contributed by atoms with E-state index in [0.29, 0.717) is 6.29 Å². The fourth-order valence-corrected chi connectivity index (χ4v) is 2.71. The second-order valence-corrected chi connectivity index (χ2v) is 4.48. The number of aldehydes is 1. The van der Waals surface area contributed by atoms with Crippen LogP contribution in [-0.4, -0.2) is 38.9 Å². The first-order chi connectivity index (χ1) is 4.54. The molecule has 1 saturated heterocycles. The van der Waals surface area contributed by atoms with E-state index in [1.54, 1.807) is 0 Å². The van der Waals surface area contributed by atoms with Gasteiger partial charge in [0.25, 0.3) is 0 Å². The molecule has 1 heterocycles. The number of carbonyl (C=O) groups excluding carboxylic acids is 1. The normalized spacial score (nSPS) is 26.9. The predicted molar refractivity (Wildman–Crippen MR) is 34.5 cm³/mol. The third-order valence-corrected chi connectivity index (χ3v) is 3.41. The smallest absolute Gasteiger partial charge is 0.156 e. The van der Waals surface area contributed by atoms with Gasteiger partial charge in [-0.05, 0) is 0 Å². The van der Waals surface area contributed by atoms with Crippen LogP contribution in [0.3, 0.4) is 0 Å². The van der Waals surface area contributed by atoms with Gasteiger partial charge in [0.2, 0.25) is 0 Å². The van der Waals surface area contributed by atoms with Crippen LogP contribution in [0.2, 0.25) is 0 Å². The molecule has 0 spiro atoms. The molecule has 0 amide bonds. The topological polar surface area (TPSA) is 60.4 Å². The molecule has 0 aliphatic carbocycles. The molecular formula is C5H8O4S. The Morgan fingerprint density at radius 3 is 2.10 bits per heavy atom. The van der Waals surface area contributed by atoms with Gasteiger partial charge in [0.1, 0.15) is 0 Å². The highest BCUT2D eigenvalue weighted by Gasteiger charge is 2.49. The standard InChI is InChI=1S/C5H8O4S/c1-9-5(2-6)3-10(7,8)4-5/h2H,3-4H2,1H3. The molecule has 0 aromatic heterocycles. The Morgan fingerprint density at radius 1 is 1.50 bits per heavy atom. The van der Waals surface area contributed by atoms with Gasteiger partial charge in [-0.2, -0.15) is 0 Å². The number of sulfone groups is 1. The molecule has 4 nitrogen and oxygen atoms in total. The molecule has 0 aromatic rings. The van der Waals surface area contributed by atoms with Crippen LogP contribution >= 0.6 is 0 Å². The minimum absolute atomic E-state index is 0.167. The van der Waals surface area contributed by atoms with E-state index in [9.17, 15) is 13.2 Å². The van der Waals surface area contributed by atoms with E-state index < -0.39 is 15.4 Å². The molecule has 0 radical (unpaired) electrons. The second-order valence-electron chi connectivity index (χ2n) is 2.42. The van der Waals surface area contributed by atoms with Crippen LogP contribution in [0.4, 0.5) is 0 Å². The highest BCUT2D eigenvalue weighted by molar-refractivity contribution is 7.93. The van der Waals surface area contributed by atoms with E-state index >= 15 is 0 Å². The zero-order valence-electron chi connectivity index (χ0n) is 5.53. The first-order valence-electron chi connectivity index (χ1n) is 2.75. The van der Waals surface area contributed by atoms with Crippen LogP contribution in [0.5, 0.6) is 0 Å². The molecule has 0 saturated carbocycles. The summed E-state index contributed by atoms with van der Waals surface area (Å²) in [6.45, 7) is 0. The van der Waals surface area contributed by atoms with Crippen molar-refractivity contribution in [3.8, 4) is 0 Å². The largest absolute Gasteiger partial charge is 0.369 e. The first-order valence-corrected chi connectivity index (χ1v) is 4.58. The fraction of sp³-hybridized carbons (Fsp3) is 0.800. The number of hydrogen-bond acceptors (Lipinski definition) is 4. The van der Waals surface area contributed by atoms with E-state index in [1.165, 1.54) is 7.11 Å². The quantitative estimate of drug-likeness (QED) is 0.491. The molecule has 0 bridgehead atoms. The van der Waals surface area contributed by atoms with Gasteiger partial charge in [0, 0.05) is 7.11 Å². The number of ether oxygens (including phenoxy) is 1. The van der Waals surface area contributed by atoms with E-state index in [1.807, 2.05) is 0 Å². The molecule has 0 unspecified atom stereocenters. The van der Waals surface area contributed by atoms with Crippen molar-refractivity contribution >= 4 is 16.1 Å². The third kappa shape index (κ3) is 1.06. The Hall–Kier alpha value is -0.420. The average Bonchev–Trinajstić information content (AvgIpc) is 1.82. The Kier molecular flexibility index (Phi) is 1.56. The van der Waals surface area contributed by atoms with Crippen LogP contribution in [0.15, 0.2) is 0 Å². The fourth-order valence-electron chi connectivity index (χ4n) is 0.936. The summed E-state index contributed by atoms with van der Waals surface area (Å²) in [4.78, 5) is 10.2. The number of hydrogen-bond donors (Lipinski definition) is 0. The van der Waals surface area contributed by atoms with Crippen molar-refractivity contribution in [1.29, 1.82) is 0 Å². The molecule has 1 aliphatic heterocycles. The Morgan fingerprint density at radius 2 is 2.00 bits per heavy atom. The summed E-state index contributed by atoms with van der Waals surface area (Å²) in [6.07, 6.45) is 0.550. The number of carbonyl (C=O) groups is 1. The van der Waals surface area contributed by atoms with Gasteiger partial charge >= 0.3 is 0 Å².